The summed E-state index contributed by atoms with van der Waals surface area (Å²) in [5, 5.41) is 2.98. The molecule has 0 radical (unpaired) electrons. The normalized spacial score (nSPS) is 13.1. The molecule has 0 aromatic rings. The quantitative estimate of drug-likeness (QED) is 0.589. The molecule has 0 heterocycles. The molecule has 0 unspecified atom stereocenters. The van der Waals surface area contributed by atoms with Gasteiger partial charge in [0.2, 0.25) is 0 Å². The van der Waals surface area contributed by atoms with Gasteiger partial charge >= 0.3 is 0 Å². The van der Waals surface area contributed by atoms with Crippen molar-refractivity contribution in [1.29, 1.82) is 0 Å². The molecule has 0 aliphatic carbocycles. The number of rotatable bonds is 3. The Balaban J connectivity index is 4.11. The van der Waals surface area contributed by atoms with E-state index in [2.05, 4.69) is 24.2 Å². The third-order valence-electron chi connectivity index (χ3n) is 1.26. The Labute approximate surface area is 63.0 Å². The predicted octanol–water partition coefficient (Wildman–Crippen LogP) is 1.45. The monoisotopic (exact) mass is 140 g/mol. The van der Waals surface area contributed by atoms with E-state index in [-0.39, 0.29) is 0 Å². The van der Waals surface area contributed by atoms with Crippen LogP contribution in [-0.2, 0) is 0 Å². The lowest BCUT2D eigenvalue weighted by molar-refractivity contribution is 0.795. The highest BCUT2D eigenvalue weighted by Gasteiger charge is 1.96. The fraction of sp³-hybridized carbons (Fsp3) is 0.625. The molecule has 0 aromatic heterocycles. The largest absolute Gasteiger partial charge is 0.394 e. The Bertz CT molecular complexity index is 134. The summed E-state index contributed by atoms with van der Waals surface area (Å²) in [6, 6.07) is 0. The van der Waals surface area contributed by atoms with Crippen molar-refractivity contribution in [3.63, 3.8) is 0 Å². The van der Waals surface area contributed by atoms with Crippen molar-refractivity contribution in [3.8, 4) is 0 Å². The van der Waals surface area contributed by atoms with Crippen LogP contribution >= 0.6 is 0 Å². The maximum atomic E-state index is 3.94. The van der Waals surface area contributed by atoms with E-state index < -0.39 is 0 Å². The van der Waals surface area contributed by atoms with E-state index in [9.17, 15) is 0 Å². The zero-order valence-corrected chi connectivity index (χ0v) is 7.18. The van der Waals surface area contributed by atoms with Crippen LogP contribution in [-0.4, -0.2) is 20.3 Å². The van der Waals surface area contributed by atoms with E-state index in [1.165, 1.54) is 5.57 Å². The standard InChI is InChI=1S/C8H16N2/c1-7(2)8(5-9-3)6-10-4/h5-7,9H,1-4H3. The molecule has 0 aliphatic rings. The van der Waals surface area contributed by atoms with E-state index in [0.717, 1.165) is 0 Å². The smallest absolute Gasteiger partial charge is 0.0277 e. The third kappa shape index (κ3) is 3.28. The average Bonchev–Trinajstić information content (AvgIpc) is 1.87. The number of nitrogens with one attached hydrogen (secondary N) is 1. The van der Waals surface area contributed by atoms with Crippen molar-refractivity contribution in [2.45, 2.75) is 13.8 Å². The minimum Gasteiger partial charge on any atom is -0.394 e. The van der Waals surface area contributed by atoms with Gasteiger partial charge < -0.3 is 5.32 Å². The highest BCUT2D eigenvalue weighted by atomic mass is 14.8. The third-order valence-corrected chi connectivity index (χ3v) is 1.26. The molecule has 1 N–H and O–H groups in total. The minimum atomic E-state index is 0.538. The molecule has 0 saturated heterocycles. The van der Waals surface area contributed by atoms with Crippen LogP contribution in [0.5, 0.6) is 0 Å². The Morgan fingerprint density at radius 3 is 2.40 bits per heavy atom. The van der Waals surface area contributed by atoms with E-state index >= 15 is 0 Å². The summed E-state index contributed by atoms with van der Waals surface area (Å²) >= 11 is 0. The highest BCUT2D eigenvalue weighted by molar-refractivity contribution is 5.78. The van der Waals surface area contributed by atoms with Gasteiger partial charge in [-0.05, 0) is 11.5 Å². The first-order chi connectivity index (χ1) is 4.72. The number of aliphatic imine (C=N–C) groups is 1. The molecule has 0 amide bonds. The molecule has 0 fully saturated rings. The SMILES string of the molecule is CN=CC(=CNC)C(C)C. The van der Waals surface area contributed by atoms with Gasteiger partial charge in [-0.3, -0.25) is 4.99 Å². The highest BCUT2D eigenvalue weighted by Crippen LogP contribution is 2.04. The lowest BCUT2D eigenvalue weighted by Gasteiger charge is -2.03. The molecule has 2 nitrogen and oxygen atoms in total. The van der Waals surface area contributed by atoms with Crippen molar-refractivity contribution >= 4 is 6.21 Å². The lowest BCUT2D eigenvalue weighted by Crippen LogP contribution is -2.02. The molecule has 0 atom stereocenters. The molecule has 10 heavy (non-hydrogen) atoms. The first-order valence-corrected chi connectivity index (χ1v) is 3.51. The predicted molar refractivity (Wildman–Crippen MR) is 46.4 cm³/mol. The summed E-state index contributed by atoms with van der Waals surface area (Å²) in [5.74, 6) is 0.538. The molecular weight excluding hydrogens is 124 g/mol. The molecule has 0 rings (SSSR count). The Kier molecular flexibility index (Phi) is 4.63. The van der Waals surface area contributed by atoms with E-state index in [1.54, 1.807) is 7.05 Å². The van der Waals surface area contributed by atoms with Crippen LogP contribution in [0.2, 0.25) is 0 Å². The van der Waals surface area contributed by atoms with Crippen molar-refractivity contribution in [2.75, 3.05) is 14.1 Å². The Hall–Kier alpha value is -0.790. The lowest BCUT2D eigenvalue weighted by atomic mass is 10.1. The molecule has 58 valence electrons. The van der Waals surface area contributed by atoms with Crippen LogP contribution in [0, 0.1) is 5.92 Å². The van der Waals surface area contributed by atoms with E-state index in [1.807, 2.05) is 19.5 Å². The van der Waals surface area contributed by atoms with Gasteiger partial charge in [0.15, 0.2) is 0 Å². The number of hydrogen-bond acceptors (Lipinski definition) is 2. The number of nitrogens with zero attached hydrogens (tertiary/aromatic N) is 1. The minimum absolute atomic E-state index is 0.538. The van der Waals surface area contributed by atoms with Crippen LogP contribution in [0.25, 0.3) is 0 Å². The average molecular weight is 140 g/mol. The summed E-state index contributed by atoms with van der Waals surface area (Å²) in [7, 11) is 3.68. The topological polar surface area (TPSA) is 24.4 Å². The van der Waals surface area contributed by atoms with E-state index in [4.69, 9.17) is 0 Å². The van der Waals surface area contributed by atoms with Crippen LogP contribution in [0.3, 0.4) is 0 Å². The van der Waals surface area contributed by atoms with E-state index in [0.29, 0.717) is 5.92 Å². The summed E-state index contributed by atoms with van der Waals surface area (Å²) in [5.41, 5.74) is 1.23. The fourth-order valence-electron chi connectivity index (χ4n) is 0.669. The Morgan fingerprint density at radius 1 is 1.50 bits per heavy atom. The summed E-state index contributed by atoms with van der Waals surface area (Å²) in [4.78, 5) is 3.94. The molecule has 0 aromatic carbocycles. The molecule has 0 aliphatic heterocycles. The molecular formula is C8H16N2. The van der Waals surface area contributed by atoms with Crippen molar-refractivity contribution in [1.82, 2.24) is 5.32 Å². The van der Waals surface area contributed by atoms with Gasteiger partial charge in [0, 0.05) is 26.5 Å². The van der Waals surface area contributed by atoms with Gasteiger partial charge in [0.1, 0.15) is 0 Å². The van der Waals surface area contributed by atoms with Crippen molar-refractivity contribution in [3.05, 3.63) is 11.8 Å². The zero-order chi connectivity index (χ0) is 7.98. The van der Waals surface area contributed by atoms with Gasteiger partial charge in [0.25, 0.3) is 0 Å². The summed E-state index contributed by atoms with van der Waals surface area (Å²) in [6.45, 7) is 4.29. The van der Waals surface area contributed by atoms with Crippen LogP contribution < -0.4 is 5.32 Å². The van der Waals surface area contributed by atoms with Crippen molar-refractivity contribution < 1.29 is 0 Å². The summed E-state index contributed by atoms with van der Waals surface area (Å²) < 4.78 is 0. The van der Waals surface area contributed by atoms with Gasteiger partial charge in [-0.25, -0.2) is 0 Å². The zero-order valence-electron chi connectivity index (χ0n) is 7.18. The van der Waals surface area contributed by atoms with Gasteiger partial charge in [-0.2, -0.15) is 0 Å². The maximum Gasteiger partial charge on any atom is 0.0277 e. The first kappa shape index (κ1) is 9.21. The van der Waals surface area contributed by atoms with Gasteiger partial charge in [-0.15, -0.1) is 0 Å². The Morgan fingerprint density at radius 2 is 2.10 bits per heavy atom. The molecule has 0 bridgehead atoms. The second kappa shape index (κ2) is 5.03. The number of allylic oxidation sites excluding steroid dienone is 1. The second-order valence-electron chi connectivity index (χ2n) is 2.48. The molecule has 0 saturated carbocycles. The van der Waals surface area contributed by atoms with Crippen LogP contribution in [0.15, 0.2) is 16.8 Å². The maximum absolute atomic E-state index is 3.94. The van der Waals surface area contributed by atoms with Crippen molar-refractivity contribution in [2.24, 2.45) is 10.9 Å². The molecule has 2 heteroatoms. The van der Waals surface area contributed by atoms with Crippen LogP contribution in [0.1, 0.15) is 13.8 Å². The molecule has 0 spiro atoms. The first-order valence-electron chi connectivity index (χ1n) is 3.51. The second-order valence-corrected chi connectivity index (χ2v) is 2.48. The van der Waals surface area contributed by atoms with Crippen LogP contribution in [0.4, 0.5) is 0 Å². The van der Waals surface area contributed by atoms with Gasteiger partial charge in [-0.1, -0.05) is 13.8 Å². The number of hydrogen-bond donors (Lipinski definition) is 1. The summed E-state index contributed by atoms with van der Waals surface area (Å²) in [6.07, 6.45) is 3.85. The fourth-order valence-corrected chi connectivity index (χ4v) is 0.669. The van der Waals surface area contributed by atoms with Gasteiger partial charge in [0.05, 0.1) is 0 Å².